The van der Waals surface area contributed by atoms with E-state index < -0.39 is 23.6 Å². The van der Waals surface area contributed by atoms with Crippen LogP contribution in [0.2, 0.25) is 0 Å². The van der Waals surface area contributed by atoms with Crippen LogP contribution in [-0.4, -0.2) is 44.5 Å². The predicted molar refractivity (Wildman–Crippen MR) is 162 cm³/mol. The van der Waals surface area contributed by atoms with Crippen molar-refractivity contribution in [1.82, 2.24) is 0 Å². The fourth-order valence-corrected chi connectivity index (χ4v) is 4.72. The molecule has 0 aliphatic carbocycles. The molecule has 4 aromatic rings. The minimum atomic E-state index is -0.717. The van der Waals surface area contributed by atoms with Crippen molar-refractivity contribution >= 4 is 11.9 Å². The van der Waals surface area contributed by atoms with E-state index in [1.165, 1.54) is 43.5 Å². The first-order valence-electron chi connectivity index (χ1n) is 13.6. The maximum Gasteiger partial charge on any atom is 0.193 e. The fourth-order valence-electron chi connectivity index (χ4n) is 4.72. The minimum absolute atomic E-state index is 0.00104. The lowest BCUT2D eigenvalue weighted by molar-refractivity contribution is 0.104. The second-order valence-electron chi connectivity index (χ2n) is 9.94. The molecule has 7 heteroatoms. The normalized spacial score (nSPS) is 12.9. The molecule has 0 aliphatic rings. The second kappa shape index (κ2) is 14.1. The Labute approximate surface area is 244 Å². The van der Waals surface area contributed by atoms with Gasteiger partial charge in [0.2, 0.25) is 0 Å². The molecule has 7 nitrogen and oxygen atoms in total. The van der Waals surface area contributed by atoms with E-state index in [0.29, 0.717) is 24.0 Å². The largest absolute Gasteiger partial charge is 0.508 e. The molecule has 5 N–H and O–H groups in total. The molecule has 0 bridgehead atoms. The Morgan fingerprint density at radius 2 is 1.52 bits per heavy atom. The van der Waals surface area contributed by atoms with E-state index in [-0.39, 0.29) is 34.1 Å². The molecule has 0 aromatic heterocycles. The topological polar surface area (TPSA) is 127 Å². The average molecular weight is 567 g/mol. The number of ketones is 1. The zero-order chi connectivity index (χ0) is 30.1. The molecule has 0 fully saturated rings. The van der Waals surface area contributed by atoms with Gasteiger partial charge in [0.1, 0.15) is 34.3 Å². The molecular weight excluding hydrogens is 532 g/mol. The number of carbonyl (C=O) groups is 1. The molecule has 0 spiro atoms. The standard InChI is InChI=1S/C35H34O7/c1-42-32-22-31(40)33(35(41)34(32)30(39)21-13-24-11-17-27(37)18-12-24)29(25-14-19-28(38)20-15-25)9-5-8-26(36)16-10-23-6-3-2-4-7-23/h2-7,9,11-15,17-22,26,29,36-38,40-41H,8,10,16H2,1H3/t26-,29-/m1/s1. The lowest BCUT2D eigenvalue weighted by atomic mass is 9.86. The quantitative estimate of drug-likeness (QED) is 0.0754. The number of aryl methyl sites for hydroxylation is 1. The smallest absolute Gasteiger partial charge is 0.193 e. The summed E-state index contributed by atoms with van der Waals surface area (Å²) in [6, 6.07) is 23.7. The lowest BCUT2D eigenvalue weighted by Gasteiger charge is -2.20. The molecular formula is C35H34O7. The summed E-state index contributed by atoms with van der Waals surface area (Å²) in [5.41, 5.74) is 2.39. The highest BCUT2D eigenvalue weighted by Gasteiger charge is 2.27. The van der Waals surface area contributed by atoms with Gasteiger partial charge in [-0.15, -0.1) is 0 Å². The second-order valence-corrected chi connectivity index (χ2v) is 9.94. The summed E-state index contributed by atoms with van der Waals surface area (Å²) in [5, 5.41) is 52.4. The molecule has 216 valence electrons. The van der Waals surface area contributed by atoms with Crippen LogP contribution in [0.3, 0.4) is 0 Å². The van der Waals surface area contributed by atoms with Gasteiger partial charge in [-0.25, -0.2) is 0 Å². The molecule has 0 aliphatic heterocycles. The summed E-state index contributed by atoms with van der Waals surface area (Å²) in [5.74, 6) is -1.85. The van der Waals surface area contributed by atoms with E-state index in [1.807, 2.05) is 30.3 Å². The third-order valence-corrected chi connectivity index (χ3v) is 6.98. The van der Waals surface area contributed by atoms with Crippen molar-refractivity contribution in [3.8, 4) is 28.7 Å². The number of aromatic hydroxyl groups is 4. The van der Waals surface area contributed by atoms with Crippen LogP contribution in [0, 0.1) is 0 Å². The van der Waals surface area contributed by atoms with Crippen molar-refractivity contribution in [3.63, 3.8) is 0 Å². The van der Waals surface area contributed by atoms with Crippen LogP contribution < -0.4 is 4.74 Å². The number of hydrogen-bond donors (Lipinski definition) is 5. The Balaban J connectivity index is 1.65. The zero-order valence-electron chi connectivity index (χ0n) is 23.2. The van der Waals surface area contributed by atoms with Gasteiger partial charge < -0.3 is 30.3 Å². The van der Waals surface area contributed by atoms with Crippen LogP contribution in [0.4, 0.5) is 0 Å². The van der Waals surface area contributed by atoms with E-state index in [2.05, 4.69) is 0 Å². The van der Waals surface area contributed by atoms with Crippen molar-refractivity contribution in [2.45, 2.75) is 31.3 Å². The molecule has 2 atom stereocenters. The Morgan fingerprint density at radius 3 is 2.17 bits per heavy atom. The Bertz CT molecular complexity index is 1540. The van der Waals surface area contributed by atoms with Gasteiger partial charge in [-0.1, -0.05) is 72.8 Å². The van der Waals surface area contributed by atoms with Crippen LogP contribution in [-0.2, 0) is 6.42 Å². The van der Waals surface area contributed by atoms with Crippen LogP contribution in [0.1, 0.15) is 51.4 Å². The summed E-state index contributed by atoms with van der Waals surface area (Å²) in [6.45, 7) is 0. The molecule has 4 aromatic carbocycles. The molecule has 42 heavy (non-hydrogen) atoms. The third kappa shape index (κ3) is 7.59. The Kier molecular flexibility index (Phi) is 10.0. The SMILES string of the molecule is COc1cc(O)c([C@H](C=CC[C@@H](O)CCc2ccccc2)c2ccc(O)cc2)c(O)c1C(=O)C=Cc1ccc(O)cc1. The van der Waals surface area contributed by atoms with E-state index in [4.69, 9.17) is 4.74 Å². The van der Waals surface area contributed by atoms with Crippen molar-refractivity contribution < 1.29 is 35.1 Å². The van der Waals surface area contributed by atoms with Gasteiger partial charge in [0.05, 0.1) is 13.2 Å². The van der Waals surface area contributed by atoms with Gasteiger partial charge >= 0.3 is 0 Å². The van der Waals surface area contributed by atoms with Gasteiger partial charge in [0.15, 0.2) is 5.78 Å². The summed E-state index contributed by atoms with van der Waals surface area (Å²) in [6.07, 6.45) is 7.36. The first kappa shape index (κ1) is 30.0. The van der Waals surface area contributed by atoms with E-state index >= 15 is 0 Å². The summed E-state index contributed by atoms with van der Waals surface area (Å²) in [4.78, 5) is 13.3. The highest BCUT2D eigenvalue weighted by molar-refractivity contribution is 6.11. The van der Waals surface area contributed by atoms with Crippen molar-refractivity contribution in [1.29, 1.82) is 0 Å². The minimum Gasteiger partial charge on any atom is -0.508 e. The van der Waals surface area contributed by atoms with Crippen LogP contribution in [0.25, 0.3) is 6.08 Å². The number of hydrogen-bond acceptors (Lipinski definition) is 7. The molecule has 0 amide bonds. The lowest BCUT2D eigenvalue weighted by Crippen LogP contribution is -2.08. The molecule has 0 saturated heterocycles. The van der Waals surface area contributed by atoms with Crippen LogP contribution in [0.15, 0.2) is 103 Å². The number of allylic oxidation sites excluding steroid dienone is 2. The number of aliphatic hydroxyl groups is 1. The number of benzene rings is 4. The van der Waals surface area contributed by atoms with Gasteiger partial charge in [-0.05, 0) is 66.3 Å². The van der Waals surface area contributed by atoms with Gasteiger partial charge in [0.25, 0.3) is 0 Å². The number of carbonyl (C=O) groups excluding carboxylic acids is 1. The zero-order valence-corrected chi connectivity index (χ0v) is 23.2. The monoisotopic (exact) mass is 566 g/mol. The van der Waals surface area contributed by atoms with E-state index in [1.54, 1.807) is 42.5 Å². The molecule has 0 heterocycles. The number of phenolic OH excluding ortho intramolecular Hbond substituents is 4. The van der Waals surface area contributed by atoms with Crippen molar-refractivity contribution in [3.05, 3.63) is 131 Å². The maximum atomic E-state index is 13.3. The Morgan fingerprint density at radius 1 is 0.881 bits per heavy atom. The summed E-state index contributed by atoms with van der Waals surface area (Å²) in [7, 11) is 1.34. The summed E-state index contributed by atoms with van der Waals surface area (Å²) >= 11 is 0. The number of rotatable bonds is 12. The molecule has 0 saturated carbocycles. The highest BCUT2D eigenvalue weighted by atomic mass is 16.5. The van der Waals surface area contributed by atoms with Gasteiger partial charge in [-0.2, -0.15) is 0 Å². The van der Waals surface area contributed by atoms with Crippen LogP contribution >= 0.6 is 0 Å². The Hall–Kier alpha value is -5.01. The van der Waals surface area contributed by atoms with Crippen LogP contribution in [0.5, 0.6) is 28.7 Å². The van der Waals surface area contributed by atoms with Crippen molar-refractivity contribution in [2.24, 2.45) is 0 Å². The first-order chi connectivity index (χ1) is 20.3. The van der Waals surface area contributed by atoms with Gasteiger partial charge in [0, 0.05) is 17.5 Å². The molecule has 0 unspecified atom stereocenters. The first-order valence-corrected chi connectivity index (χ1v) is 13.6. The van der Waals surface area contributed by atoms with Crippen molar-refractivity contribution in [2.75, 3.05) is 7.11 Å². The maximum absolute atomic E-state index is 13.3. The number of aliphatic hydroxyl groups excluding tert-OH is 1. The number of phenols is 4. The predicted octanol–water partition coefficient (Wildman–Crippen LogP) is 6.49. The number of methoxy groups -OCH3 is 1. The van der Waals surface area contributed by atoms with Gasteiger partial charge in [-0.3, -0.25) is 4.79 Å². The van der Waals surface area contributed by atoms with E-state index in [0.717, 1.165) is 12.0 Å². The van der Waals surface area contributed by atoms with E-state index in [9.17, 15) is 30.3 Å². The summed E-state index contributed by atoms with van der Waals surface area (Å²) < 4.78 is 5.34. The molecule has 0 radical (unpaired) electrons. The third-order valence-electron chi connectivity index (χ3n) is 6.98. The average Bonchev–Trinajstić information content (AvgIpc) is 2.99. The highest BCUT2D eigenvalue weighted by Crippen LogP contribution is 2.45. The number of ether oxygens (including phenoxy) is 1. The fraction of sp³-hybridized carbons (Fsp3) is 0.171. The molecule has 4 rings (SSSR count).